The average molecular weight is 269 g/mol. The van der Waals surface area contributed by atoms with Gasteiger partial charge >= 0.3 is 0 Å². The standard InChI is InChI=1S/C18H23NO/c1-2-14-7-9-18(13-19,10-8-14)11-15-12-20-17-6-4-3-5-16(15)17/h3-6,14-15H,2,7-12H2,1H3. The van der Waals surface area contributed by atoms with Crippen LogP contribution in [0.15, 0.2) is 24.3 Å². The number of hydrogen-bond acceptors (Lipinski definition) is 2. The highest BCUT2D eigenvalue weighted by molar-refractivity contribution is 5.40. The van der Waals surface area contributed by atoms with Crippen molar-refractivity contribution in [3.63, 3.8) is 0 Å². The molecule has 1 fully saturated rings. The molecule has 0 aromatic heterocycles. The lowest BCUT2D eigenvalue weighted by atomic mass is 9.66. The van der Waals surface area contributed by atoms with Crippen molar-refractivity contribution < 1.29 is 4.74 Å². The zero-order valence-corrected chi connectivity index (χ0v) is 12.3. The summed E-state index contributed by atoms with van der Waals surface area (Å²) in [5.74, 6) is 2.26. The third-order valence-electron chi connectivity index (χ3n) is 5.31. The molecule has 1 unspecified atom stereocenters. The van der Waals surface area contributed by atoms with Gasteiger partial charge in [0.25, 0.3) is 0 Å². The van der Waals surface area contributed by atoms with Gasteiger partial charge in [-0.25, -0.2) is 0 Å². The number of fused-ring (bicyclic) bond motifs is 1. The maximum absolute atomic E-state index is 9.72. The second-order valence-corrected chi connectivity index (χ2v) is 6.49. The number of para-hydroxylation sites is 1. The first kappa shape index (κ1) is 13.5. The molecule has 2 aliphatic rings. The molecule has 0 radical (unpaired) electrons. The largest absolute Gasteiger partial charge is 0.493 e. The summed E-state index contributed by atoms with van der Waals surface area (Å²) in [5, 5.41) is 9.72. The van der Waals surface area contributed by atoms with Gasteiger partial charge in [0.1, 0.15) is 5.75 Å². The van der Waals surface area contributed by atoms with E-state index < -0.39 is 0 Å². The van der Waals surface area contributed by atoms with E-state index in [1.165, 1.54) is 24.8 Å². The van der Waals surface area contributed by atoms with E-state index in [4.69, 9.17) is 4.74 Å². The zero-order chi connectivity index (χ0) is 14.0. The molecule has 0 amide bonds. The van der Waals surface area contributed by atoms with Crippen molar-refractivity contribution >= 4 is 0 Å². The van der Waals surface area contributed by atoms with Gasteiger partial charge in [-0.15, -0.1) is 0 Å². The summed E-state index contributed by atoms with van der Waals surface area (Å²) in [6.07, 6.45) is 6.81. The molecule has 1 heterocycles. The summed E-state index contributed by atoms with van der Waals surface area (Å²) in [7, 11) is 0. The van der Waals surface area contributed by atoms with Crippen molar-refractivity contribution in [3.8, 4) is 11.8 Å². The molecule has 0 N–H and O–H groups in total. The molecule has 0 bridgehead atoms. The second kappa shape index (κ2) is 5.48. The number of benzene rings is 1. The SMILES string of the molecule is CCC1CCC(C#N)(CC2COc3ccccc32)CC1. The van der Waals surface area contributed by atoms with Gasteiger partial charge < -0.3 is 4.74 Å². The van der Waals surface area contributed by atoms with Crippen LogP contribution in [0.1, 0.15) is 56.9 Å². The summed E-state index contributed by atoms with van der Waals surface area (Å²) in [6, 6.07) is 11.0. The lowest BCUT2D eigenvalue weighted by molar-refractivity contribution is 0.174. The first-order chi connectivity index (χ1) is 9.76. The maximum Gasteiger partial charge on any atom is 0.122 e. The van der Waals surface area contributed by atoms with Crippen molar-refractivity contribution in [2.24, 2.45) is 11.3 Å². The van der Waals surface area contributed by atoms with Crippen LogP contribution >= 0.6 is 0 Å². The average Bonchev–Trinajstić information content (AvgIpc) is 2.91. The van der Waals surface area contributed by atoms with Crippen LogP contribution in [-0.2, 0) is 0 Å². The zero-order valence-electron chi connectivity index (χ0n) is 12.3. The Labute approximate surface area is 121 Å². The predicted molar refractivity (Wildman–Crippen MR) is 79.6 cm³/mol. The van der Waals surface area contributed by atoms with E-state index in [1.54, 1.807) is 0 Å². The van der Waals surface area contributed by atoms with E-state index in [-0.39, 0.29) is 5.41 Å². The van der Waals surface area contributed by atoms with E-state index in [0.717, 1.165) is 37.5 Å². The van der Waals surface area contributed by atoms with Gasteiger partial charge in [0.15, 0.2) is 0 Å². The minimum atomic E-state index is -0.114. The first-order valence-electron chi connectivity index (χ1n) is 7.89. The van der Waals surface area contributed by atoms with E-state index in [9.17, 15) is 5.26 Å². The Hall–Kier alpha value is -1.49. The van der Waals surface area contributed by atoms with E-state index in [1.807, 2.05) is 12.1 Å². The van der Waals surface area contributed by atoms with Crippen molar-refractivity contribution in [2.45, 2.75) is 51.4 Å². The van der Waals surface area contributed by atoms with Crippen molar-refractivity contribution in [1.29, 1.82) is 5.26 Å². The van der Waals surface area contributed by atoms with Crippen LogP contribution in [0, 0.1) is 22.7 Å². The van der Waals surface area contributed by atoms with Gasteiger partial charge in [-0.2, -0.15) is 5.26 Å². The Kier molecular flexibility index (Phi) is 3.70. The molecule has 2 nitrogen and oxygen atoms in total. The van der Waals surface area contributed by atoms with Crippen LogP contribution < -0.4 is 4.74 Å². The third-order valence-corrected chi connectivity index (χ3v) is 5.31. The lowest BCUT2D eigenvalue weighted by Crippen LogP contribution is -2.28. The lowest BCUT2D eigenvalue weighted by Gasteiger charge is -2.36. The summed E-state index contributed by atoms with van der Waals surface area (Å²) in [4.78, 5) is 0. The number of nitriles is 1. The summed E-state index contributed by atoms with van der Waals surface area (Å²) < 4.78 is 5.77. The van der Waals surface area contributed by atoms with Crippen LogP contribution in [-0.4, -0.2) is 6.61 Å². The molecule has 106 valence electrons. The Bertz CT molecular complexity index is 508. The van der Waals surface area contributed by atoms with Crippen molar-refractivity contribution in [1.82, 2.24) is 0 Å². The maximum atomic E-state index is 9.72. The Morgan fingerprint density at radius 1 is 1.30 bits per heavy atom. The predicted octanol–water partition coefficient (Wildman–Crippen LogP) is 4.66. The number of ether oxygens (including phenoxy) is 1. The highest BCUT2D eigenvalue weighted by Gasteiger charge is 2.39. The molecule has 0 spiro atoms. The molecule has 2 heteroatoms. The van der Waals surface area contributed by atoms with Crippen molar-refractivity contribution in [3.05, 3.63) is 29.8 Å². The summed E-state index contributed by atoms with van der Waals surface area (Å²) in [6.45, 7) is 3.02. The number of rotatable bonds is 3. The van der Waals surface area contributed by atoms with E-state index in [0.29, 0.717) is 5.92 Å². The smallest absolute Gasteiger partial charge is 0.122 e. The molecule has 1 aromatic carbocycles. The van der Waals surface area contributed by atoms with Gasteiger partial charge in [-0.3, -0.25) is 0 Å². The fourth-order valence-corrected chi connectivity index (χ4v) is 3.87. The molecule has 3 rings (SSSR count). The molecule has 1 atom stereocenters. The second-order valence-electron chi connectivity index (χ2n) is 6.49. The molecule has 1 aliphatic heterocycles. The molecule has 0 saturated heterocycles. The number of nitrogens with zero attached hydrogens (tertiary/aromatic N) is 1. The van der Waals surface area contributed by atoms with E-state index >= 15 is 0 Å². The Morgan fingerprint density at radius 3 is 2.75 bits per heavy atom. The van der Waals surface area contributed by atoms with Crippen LogP contribution in [0.25, 0.3) is 0 Å². The quantitative estimate of drug-likeness (QED) is 0.799. The topological polar surface area (TPSA) is 33.0 Å². The molecule has 1 saturated carbocycles. The molecule has 1 aromatic rings. The highest BCUT2D eigenvalue weighted by atomic mass is 16.5. The monoisotopic (exact) mass is 269 g/mol. The Morgan fingerprint density at radius 2 is 2.05 bits per heavy atom. The summed E-state index contributed by atoms with van der Waals surface area (Å²) in [5.41, 5.74) is 1.19. The van der Waals surface area contributed by atoms with Gasteiger partial charge in [0.2, 0.25) is 0 Å². The molecule has 1 aliphatic carbocycles. The minimum Gasteiger partial charge on any atom is -0.493 e. The fourth-order valence-electron chi connectivity index (χ4n) is 3.87. The fraction of sp³-hybridized carbons (Fsp3) is 0.611. The minimum absolute atomic E-state index is 0.114. The van der Waals surface area contributed by atoms with E-state index in [2.05, 4.69) is 25.1 Å². The summed E-state index contributed by atoms with van der Waals surface area (Å²) >= 11 is 0. The van der Waals surface area contributed by atoms with Gasteiger partial charge in [-0.1, -0.05) is 31.5 Å². The molecular weight excluding hydrogens is 246 g/mol. The molecular formula is C18H23NO. The van der Waals surface area contributed by atoms with Gasteiger partial charge in [0, 0.05) is 11.5 Å². The molecule has 20 heavy (non-hydrogen) atoms. The van der Waals surface area contributed by atoms with Gasteiger partial charge in [0.05, 0.1) is 18.1 Å². The van der Waals surface area contributed by atoms with Crippen LogP contribution in [0.5, 0.6) is 5.75 Å². The number of hydrogen-bond donors (Lipinski definition) is 0. The third kappa shape index (κ3) is 2.42. The highest BCUT2D eigenvalue weighted by Crippen LogP contribution is 2.48. The van der Waals surface area contributed by atoms with Gasteiger partial charge in [-0.05, 0) is 44.1 Å². The Balaban J connectivity index is 1.73. The first-order valence-corrected chi connectivity index (χ1v) is 7.89. The van der Waals surface area contributed by atoms with Crippen LogP contribution in [0.4, 0.5) is 0 Å². The van der Waals surface area contributed by atoms with Crippen molar-refractivity contribution in [2.75, 3.05) is 6.61 Å². The van der Waals surface area contributed by atoms with Crippen LogP contribution in [0.2, 0.25) is 0 Å². The van der Waals surface area contributed by atoms with Crippen LogP contribution in [0.3, 0.4) is 0 Å². The normalized spacial score (nSPS) is 32.2.